The highest BCUT2D eigenvalue weighted by Gasteiger charge is 2.48. The van der Waals surface area contributed by atoms with E-state index in [1.807, 2.05) is 6.92 Å². The van der Waals surface area contributed by atoms with Crippen LogP contribution in [0, 0.1) is 11.7 Å². The van der Waals surface area contributed by atoms with Crippen LogP contribution in [0.3, 0.4) is 0 Å². The highest BCUT2D eigenvalue weighted by atomic mass is 32.1. The molecule has 3 aromatic carbocycles. The van der Waals surface area contributed by atoms with Crippen LogP contribution in [0.15, 0.2) is 66.2 Å². The fourth-order valence-corrected chi connectivity index (χ4v) is 5.79. The summed E-state index contributed by atoms with van der Waals surface area (Å²) in [6, 6.07) is 14.9. The van der Waals surface area contributed by atoms with E-state index < -0.39 is 23.5 Å². The number of ketones is 1. The number of carbonyl (C=O) groups excluding carboxylic acids is 2. The van der Waals surface area contributed by atoms with Crippen molar-refractivity contribution in [3.05, 3.63) is 83.2 Å². The van der Waals surface area contributed by atoms with Crippen molar-refractivity contribution < 1.29 is 33.3 Å². The number of aliphatic hydroxyl groups excluding tert-OH is 1. The number of rotatable bonds is 10. The summed E-state index contributed by atoms with van der Waals surface area (Å²) in [5.74, 6) is -0.651. The van der Waals surface area contributed by atoms with Gasteiger partial charge in [-0.2, -0.15) is 0 Å². The number of hydrogen-bond donors (Lipinski definition) is 1. The number of amides is 1. The van der Waals surface area contributed by atoms with Crippen LogP contribution in [0.2, 0.25) is 0 Å². The van der Waals surface area contributed by atoms with Crippen molar-refractivity contribution in [1.29, 1.82) is 0 Å². The number of methoxy groups -OCH3 is 1. The summed E-state index contributed by atoms with van der Waals surface area (Å²) in [7, 11) is 1.51. The normalized spacial score (nSPS) is 16.4. The van der Waals surface area contributed by atoms with E-state index in [2.05, 4.69) is 18.8 Å². The van der Waals surface area contributed by atoms with Gasteiger partial charge in [-0.25, -0.2) is 9.37 Å². The van der Waals surface area contributed by atoms with Gasteiger partial charge < -0.3 is 19.3 Å². The molecule has 0 spiro atoms. The SMILES string of the molecule is CCOc1cccc(/C(O)=C2\C(=O)C(=O)N(c3nc4ccc(F)cc4s3)C2c2ccc(OCCC(C)C)c(OC)c2)c1. The van der Waals surface area contributed by atoms with Crippen LogP contribution in [0.25, 0.3) is 16.0 Å². The Morgan fingerprint density at radius 3 is 2.62 bits per heavy atom. The molecule has 0 bridgehead atoms. The fourth-order valence-electron chi connectivity index (χ4n) is 4.77. The minimum absolute atomic E-state index is 0.116. The first kappa shape index (κ1) is 29.1. The predicted octanol–water partition coefficient (Wildman–Crippen LogP) is 6.89. The Labute approximate surface area is 247 Å². The fraction of sp³-hybridized carbons (Fsp3) is 0.281. The Kier molecular flexibility index (Phi) is 8.44. The molecule has 1 atom stereocenters. The minimum atomic E-state index is -1.05. The van der Waals surface area contributed by atoms with Gasteiger partial charge in [0.2, 0.25) is 0 Å². The molecule has 1 aliphatic heterocycles. The molecule has 1 N–H and O–H groups in total. The molecule has 42 heavy (non-hydrogen) atoms. The van der Waals surface area contributed by atoms with Gasteiger partial charge in [0.25, 0.3) is 5.78 Å². The van der Waals surface area contributed by atoms with Crippen molar-refractivity contribution in [1.82, 2.24) is 4.98 Å². The molecule has 1 aromatic heterocycles. The van der Waals surface area contributed by atoms with Crippen molar-refractivity contribution in [3.8, 4) is 17.2 Å². The lowest BCUT2D eigenvalue weighted by molar-refractivity contribution is -0.132. The van der Waals surface area contributed by atoms with Crippen LogP contribution in [-0.4, -0.2) is 42.1 Å². The monoisotopic (exact) mass is 590 g/mol. The molecule has 218 valence electrons. The van der Waals surface area contributed by atoms with Gasteiger partial charge in [0.1, 0.15) is 17.3 Å². The Morgan fingerprint density at radius 1 is 1.07 bits per heavy atom. The largest absolute Gasteiger partial charge is 0.507 e. The predicted molar refractivity (Wildman–Crippen MR) is 160 cm³/mol. The lowest BCUT2D eigenvalue weighted by atomic mass is 9.95. The first-order valence-electron chi connectivity index (χ1n) is 13.6. The summed E-state index contributed by atoms with van der Waals surface area (Å²) in [5.41, 5.74) is 1.17. The molecule has 1 fully saturated rings. The second kappa shape index (κ2) is 12.2. The second-order valence-corrected chi connectivity index (χ2v) is 11.2. The van der Waals surface area contributed by atoms with E-state index in [0.717, 1.165) is 17.8 Å². The van der Waals surface area contributed by atoms with Crippen LogP contribution in [0.5, 0.6) is 17.2 Å². The molecule has 1 amide bonds. The van der Waals surface area contributed by atoms with Crippen molar-refractivity contribution in [2.75, 3.05) is 25.2 Å². The number of aliphatic hydroxyl groups is 1. The second-order valence-electron chi connectivity index (χ2n) is 10.2. The van der Waals surface area contributed by atoms with Crippen molar-refractivity contribution in [2.24, 2.45) is 5.92 Å². The number of hydrogen-bond acceptors (Lipinski definition) is 8. The Balaban J connectivity index is 1.66. The third-order valence-corrected chi connectivity index (χ3v) is 7.88. The molecule has 0 saturated carbocycles. The highest BCUT2D eigenvalue weighted by Crippen LogP contribution is 2.46. The molecule has 1 aliphatic rings. The maximum Gasteiger partial charge on any atom is 0.301 e. The maximum absolute atomic E-state index is 14.0. The van der Waals surface area contributed by atoms with Gasteiger partial charge in [-0.3, -0.25) is 14.5 Å². The molecule has 10 heteroatoms. The maximum atomic E-state index is 14.0. The average Bonchev–Trinajstić information content (AvgIpc) is 3.50. The number of aromatic nitrogens is 1. The first-order valence-corrected chi connectivity index (χ1v) is 14.4. The van der Waals surface area contributed by atoms with Gasteiger partial charge in [-0.15, -0.1) is 0 Å². The van der Waals surface area contributed by atoms with Crippen molar-refractivity contribution >= 4 is 44.1 Å². The van der Waals surface area contributed by atoms with E-state index in [1.165, 1.54) is 30.2 Å². The molecule has 0 aliphatic carbocycles. The number of Topliss-reactive ketones (excluding diaryl/α,β-unsaturated/α-hetero) is 1. The van der Waals surface area contributed by atoms with Gasteiger partial charge >= 0.3 is 5.91 Å². The van der Waals surface area contributed by atoms with Gasteiger partial charge in [0.15, 0.2) is 16.6 Å². The number of thiazole rings is 1. The standard InChI is InChI=1S/C32H31FN2O6S/c1-5-40-22-8-6-7-20(15-22)29(36)27-28(19-9-12-24(25(16-19)39-4)41-14-13-18(2)3)35(31(38)30(27)37)32-34-23-11-10-21(33)17-26(23)42-32/h6-12,15-18,28,36H,5,13-14H2,1-4H3/b29-27+. The topological polar surface area (TPSA) is 98.2 Å². The zero-order valence-electron chi connectivity index (χ0n) is 23.7. The molecule has 1 saturated heterocycles. The number of benzene rings is 3. The Hall–Kier alpha value is -4.44. The van der Waals surface area contributed by atoms with Crippen LogP contribution in [0.4, 0.5) is 9.52 Å². The van der Waals surface area contributed by atoms with Gasteiger partial charge in [0.05, 0.1) is 42.2 Å². The van der Waals surface area contributed by atoms with Crippen molar-refractivity contribution in [3.63, 3.8) is 0 Å². The summed E-state index contributed by atoms with van der Waals surface area (Å²) < 4.78 is 31.6. The van der Waals surface area contributed by atoms with E-state index >= 15 is 0 Å². The number of carbonyl (C=O) groups is 2. The Morgan fingerprint density at radius 2 is 1.88 bits per heavy atom. The third-order valence-electron chi connectivity index (χ3n) is 6.86. The molecule has 4 aromatic rings. The molecule has 8 nitrogen and oxygen atoms in total. The van der Waals surface area contributed by atoms with Crippen LogP contribution >= 0.6 is 11.3 Å². The van der Waals surface area contributed by atoms with E-state index in [0.29, 0.717) is 57.7 Å². The number of ether oxygens (including phenoxy) is 3. The third kappa shape index (κ3) is 5.67. The summed E-state index contributed by atoms with van der Waals surface area (Å²) in [4.78, 5) is 33.0. The van der Waals surface area contributed by atoms with E-state index in [4.69, 9.17) is 14.2 Å². The zero-order valence-corrected chi connectivity index (χ0v) is 24.5. The number of halogens is 1. The number of fused-ring (bicyclic) bond motifs is 1. The highest BCUT2D eigenvalue weighted by molar-refractivity contribution is 7.22. The van der Waals surface area contributed by atoms with E-state index in [9.17, 15) is 19.1 Å². The van der Waals surface area contributed by atoms with Crippen LogP contribution in [0.1, 0.15) is 44.4 Å². The van der Waals surface area contributed by atoms with Gasteiger partial charge in [0, 0.05) is 5.56 Å². The number of anilines is 1. The quantitative estimate of drug-likeness (QED) is 0.122. The minimum Gasteiger partial charge on any atom is -0.507 e. The van der Waals surface area contributed by atoms with E-state index in [-0.39, 0.29) is 16.5 Å². The van der Waals surface area contributed by atoms with Crippen LogP contribution in [-0.2, 0) is 9.59 Å². The molecular weight excluding hydrogens is 559 g/mol. The molecule has 2 heterocycles. The van der Waals surface area contributed by atoms with Crippen LogP contribution < -0.4 is 19.1 Å². The van der Waals surface area contributed by atoms with Gasteiger partial charge in [-0.1, -0.05) is 43.4 Å². The van der Waals surface area contributed by atoms with E-state index in [1.54, 1.807) is 42.5 Å². The van der Waals surface area contributed by atoms with Gasteiger partial charge in [-0.05, 0) is 67.3 Å². The summed E-state index contributed by atoms with van der Waals surface area (Å²) in [6.07, 6.45) is 0.851. The average molecular weight is 591 g/mol. The smallest absolute Gasteiger partial charge is 0.301 e. The van der Waals surface area contributed by atoms with Crippen molar-refractivity contribution in [2.45, 2.75) is 33.2 Å². The Bertz CT molecular complexity index is 1680. The first-order chi connectivity index (χ1) is 20.2. The number of nitrogens with zero attached hydrogens (tertiary/aromatic N) is 2. The molecule has 0 radical (unpaired) electrons. The lowest BCUT2D eigenvalue weighted by Gasteiger charge is -2.24. The summed E-state index contributed by atoms with van der Waals surface area (Å²) in [5, 5.41) is 11.7. The molecule has 5 rings (SSSR count). The molecular formula is C32H31FN2O6S. The molecule has 1 unspecified atom stereocenters. The zero-order chi connectivity index (χ0) is 30.0. The summed E-state index contributed by atoms with van der Waals surface area (Å²) >= 11 is 1.08. The lowest BCUT2D eigenvalue weighted by Crippen LogP contribution is -2.29. The summed E-state index contributed by atoms with van der Waals surface area (Å²) in [6.45, 7) is 6.95.